The van der Waals surface area contributed by atoms with Crippen molar-refractivity contribution in [1.82, 2.24) is 9.88 Å². The fourth-order valence-corrected chi connectivity index (χ4v) is 2.21. The lowest BCUT2D eigenvalue weighted by atomic mass is 10.1. The van der Waals surface area contributed by atoms with E-state index in [4.69, 9.17) is 5.11 Å². The quantitative estimate of drug-likeness (QED) is 0.818. The van der Waals surface area contributed by atoms with Gasteiger partial charge in [-0.15, -0.1) is 11.3 Å². The Labute approximate surface area is 90.4 Å². The fourth-order valence-electron chi connectivity index (χ4n) is 1.60. The first-order valence-electron chi connectivity index (χ1n) is 4.55. The zero-order valence-corrected chi connectivity index (χ0v) is 8.74. The standard InChI is InChI=1S/C9H10N2O3S/c12-8-1-6(9(13)14)3-11(8)4-7-2-10-5-15-7/h2,5-6H,1,3-4H2,(H,13,14). The third-order valence-electron chi connectivity index (χ3n) is 2.39. The largest absolute Gasteiger partial charge is 0.481 e. The molecule has 1 aromatic heterocycles. The van der Waals surface area contributed by atoms with Crippen LogP contribution in [0.4, 0.5) is 0 Å². The van der Waals surface area contributed by atoms with Crippen LogP contribution in [-0.4, -0.2) is 33.4 Å². The molecule has 2 heterocycles. The molecule has 15 heavy (non-hydrogen) atoms. The maximum atomic E-state index is 11.5. The molecule has 1 atom stereocenters. The van der Waals surface area contributed by atoms with Crippen molar-refractivity contribution in [1.29, 1.82) is 0 Å². The predicted molar refractivity (Wildman–Crippen MR) is 53.3 cm³/mol. The van der Waals surface area contributed by atoms with Gasteiger partial charge < -0.3 is 10.0 Å². The van der Waals surface area contributed by atoms with Crippen molar-refractivity contribution in [3.63, 3.8) is 0 Å². The van der Waals surface area contributed by atoms with E-state index in [1.165, 1.54) is 11.3 Å². The minimum atomic E-state index is -0.893. The third-order valence-corrected chi connectivity index (χ3v) is 3.16. The molecule has 1 aliphatic rings. The Bertz CT molecular complexity index is 377. The molecule has 1 unspecified atom stereocenters. The molecule has 0 spiro atoms. The molecule has 0 saturated carbocycles. The van der Waals surface area contributed by atoms with Crippen LogP contribution in [0.15, 0.2) is 11.7 Å². The molecular weight excluding hydrogens is 216 g/mol. The Morgan fingerprint density at radius 2 is 2.53 bits per heavy atom. The van der Waals surface area contributed by atoms with Crippen molar-refractivity contribution in [2.45, 2.75) is 13.0 Å². The van der Waals surface area contributed by atoms with E-state index in [9.17, 15) is 9.59 Å². The van der Waals surface area contributed by atoms with Crippen LogP contribution in [0.25, 0.3) is 0 Å². The molecule has 80 valence electrons. The second-order valence-electron chi connectivity index (χ2n) is 3.48. The molecule has 0 aliphatic carbocycles. The van der Waals surface area contributed by atoms with E-state index in [2.05, 4.69) is 4.98 Å². The van der Waals surface area contributed by atoms with Crippen LogP contribution in [0.5, 0.6) is 0 Å². The molecule has 5 nitrogen and oxygen atoms in total. The van der Waals surface area contributed by atoms with E-state index in [1.54, 1.807) is 16.6 Å². The number of thiazole rings is 1. The number of hydrogen-bond donors (Lipinski definition) is 1. The summed E-state index contributed by atoms with van der Waals surface area (Å²) in [5.41, 5.74) is 1.70. The van der Waals surface area contributed by atoms with E-state index < -0.39 is 11.9 Å². The van der Waals surface area contributed by atoms with E-state index in [-0.39, 0.29) is 12.3 Å². The van der Waals surface area contributed by atoms with E-state index in [0.29, 0.717) is 13.1 Å². The number of carboxylic acid groups (broad SMARTS) is 1. The van der Waals surface area contributed by atoms with Crippen molar-refractivity contribution in [3.8, 4) is 0 Å². The Hall–Kier alpha value is -1.43. The van der Waals surface area contributed by atoms with Gasteiger partial charge in [0.05, 0.1) is 18.0 Å². The summed E-state index contributed by atoms with van der Waals surface area (Å²) in [7, 11) is 0. The van der Waals surface area contributed by atoms with Crippen LogP contribution in [-0.2, 0) is 16.1 Å². The molecule has 6 heteroatoms. The van der Waals surface area contributed by atoms with Crippen LogP contribution in [0.3, 0.4) is 0 Å². The lowest BCUT2D eigenvalue weighted by Gasteiger charge is -2.13. The first kappa shape index (κ1) is 10.1. The fraction of sp³-hybridized carbons (Fsp3) is 0.444. The molecule has 0 bridgehead atoms. The van der Waals surface area contributed by atoms with Gasteiger partial charge >= 0.3 is 5.97 Å². The van der Waals surface area contributed by atoms with Gasteiger partial charge in [-0.25, -0.2) is 0 Å². The number of amides is 1. The summed E-state index contributed by atoms with van der Waals surface area (Å²) in [6, 6.07) is 0. The SMILES string of the molecule is O=C(O)C1CC(=O)N(Cc2cncs2)C1. The van der Waals surface area contributed by atoms with Gasteiger partial charge in [0.1, 0.15) is 0 Å². The highest BCUT2D eigenvalue weighted by atomic mass is 32.1. The van der Waals surface area contributed by atoms with Crippen molar-refractivity contribution in [2.24, 2.45) is 5.92 Å². The van der Waals surface area contributed by atoms with Gasteiger partial charge in [-0.3, -0.25) is 14.6 Å². The first-order chi connectivity index (χ1) is 7.16. The second kappa shape index (κ2) is 3.98. The monoisotopic (exact) mass is 226 g/mol. The van der Waals surface area contributed by atoms with Gasteiger partial charge in [0.2, 0.25) is 5.91 Å². The Balaban J connectivity index is 2.00. The van der Waals surface area contributed by atoms with E-state index in [0.717, 1.165) is 4.88 Å². The number of carbonyl (C=O) groups excluding carboxylic acids is 1. The van der Waals surface area contributed by atoms with Crippen LogP contribution in [0, 0.1) is 5.92 Å². The highest BCUT2D eigenvalue weighted by Crippen LogP contribution is 2.21. The maximum Gasteiger partial charge on any atom is 0.308 e. The van der Waals surface area contributed by atoms with Crippen molar-refractivity contribution in [3.05, 3.63) is 16.6 Å². The van der Waals surface area contributed by atoms with Gasteiger partial charge in [0.25, 0.3) is 0 Å². The summed E-state index contributed by atoms with van der Waals surface area (Å²) in [5.74, 6) is -1.53. The topological polar surface area (TPSA) is 70.5 Å². The lowest BCUT2D eigenvalue weighted by Crippen LogP contribution is -2.25. The molecule has 1 saturated heterocycles. The number of carboxylic acids is 1. The van der Waals surface area contributed by atoms with E-state index >= 15 is 0 Å². The number of hydrogen-bond acceptors (Lipinski definition) is 4. The van der Waals surface area contributed by atoms with Crippen molar-refractivity contribution < 1.29 is 14.7 Å². The molecule has 0 aromatic carbocycles. The molecule has 1 N–H and O–H groups in total. The van der Waals surface area contributed by atoms with E-state index in [1.807, 2.05) is 0 Å². The average molecular weight is 226 g/mol. The molecular formula is C9H10N2O3S. The van der Waals surface area contributed by atoms with Crippen molar-refractivity contribution >= 4 is 23.2 Å². The number of carbonyl (C=O) groups is 2. The van der Waals surface area contributed by atoms with Gasteiger partial charge in [0.15, 0.2) is 0 Å². The highest BCUT2D eigenvalue weighted by Gasteiger charge is 2.34. The van der Waals surface area contributed by atoms with Gasteiger partial charge in [-0.1, -0.05) is 0 Å². The number of aliphatic carboxylic acids is 1. The lowest BCUT2D eigenvalue weighted by molar-refractivity contribution is -0.141. The normalized spacial score (nSPS) is 20.9. The van der Waals surface area contributed by atoms with Crippen LogP contribution in [0.2, 0.25) is 0 Å². The second-order valence-corrected chi connectivity index (χ2v) is 4.45. The van der Waals surface area contributed by atoms with Gasteiger partial charge in [-0.2, -0.15) is 0 Å². The first-order valence-corrected chi connectivity index (χ1v) is 5.42. The molecule has 0 radical (unpaired) electrons. The van der Waals surface area contributed by atoms with Gasteiger partial charge in [-0.05, 0) is 0 Å². The molecule has 1 amide bonds. The molecule has 1 aliphatic heterocycles. The van der Waals surface area contributed by atoms with Crippen LogP contribution < -0.4 is 0 Å². The van der Waals surface area contributed by atoms with Gasteiger partial charge in [0, 0.05) is 24.0 Å². The number of aromatic nitrogens is 1. The summed E-state index contributed by atoms with van der Waals surface area (Å²) in [6.45, 7) is 0.791. The smallest absolute Gasteiger partial charge is 0.308 e. The summed E-state index contributed by atoms with van der Waals surface area (Å²) < 4.78 is 0. The minimum Gasteiger partial charge on any atom is -0.481 e. The Kier molecular flexibility index (Phi) is 2.68. The average Bonchev–Trinajstić information content (AvgIpc) is 2.77. The zero-order chi connectivity index (χ0) is 10.8. The predicted octanol–water partition coefficient (Wildman–Crippen LogP) is 0.576. The summed E-state index contributed by atoms with van der Waals surface area (Å²) in [4.78, 5) is 28.6. The molecule has 1 fully saturated rings. The Morgan fingerprint density at radius 1 is 1.73 bits per heavy atom. The zero-order valence-electron chi connectivity index (χ0n) is 7.92. The highest BCUT2D eigenvalue weighted by molar-refractivity contribution is 7.09. The summed E-state index contributed by atoms with van der Waals surface area (Å²) in [5, 5.41) is 8.79. The van der Waals surface area contributed by atoms with Crippen LogP contribution in [0.1, 0.15) is 11.3 Å². The molecule has 2 rings (SSSR count). The maximum absolute atomic E-state index is 11.5. The number of rotatable bonds is 3. The van der Waals surface area contributed by atoms with Crippen LogP contribution >= 0.6 is 11.3 Å². The third kappa shape index (κ3) is 2.15. The molecule has 1 aromatic rings. The van der Waals surface area contributed by atoms with Crippen molar-refractivity contribution in [2.75, 3.05) is 6.54 Å². The number of likely N-dealkylation sites (tertiary alicyclic amines) is 1. The minimum absolute atomic E-state index is 0.0872. The summed E-state index contributed by atoms with van der Waals surface area (Å²) in [6.07, 6.45) is 1.82. The number of nitrogens with zero attached hydrogens (tertiary/aromatic N) is 2. The summed E-state index contributed by atoms with van der Waals surface area (Å²) >= 11 is 1.47. The Morgan fingerprint density at radius 3 is 3.07 bits per heavy atom.